The Bertz CT molecular complexity index is 906. The summed E-state index contributed by atoms with van der Waals surface area (Å²) in [6.45, 7) is -0.125. The molecule has 0 saturated carbocycles. The van der Waals surface area contributed by atoms with E-state index in [2.05, 4.69) is 30.5 Å². The molecule has 3 heterocycles. The first-order valence-electron chi connectivity index (χ1n) is 6.61. The Labute approximate surface area is 132 Å². The third kappa shape index (κ3) is 2.95. The number of nitrogen functional groups attached to an aromatic ring is 1. The van der Waals surface area contributed by atoms with Crippen LogP contribution in [-0.4, -0.2) is 31.1 Å². The topological polar surface area (TPSA) is 122 Å². The minimum Gasteiger partial charge on any atom is -0.380 e. The van der Waals surface area contributed by atoms with Crippen molar-refractivity contribution in [3.05, 3.63) is 41.6 Å². The van der Waals surface area contributed by atoms with Crippen LogP contribution < -0.4 is 11.1 Å². The third-order valence-electron chi connectivity index (χ3n) is 3.16. The highest BCUT2D eigenvalue weighted by atomic mass is 19.4. The van der Waals surface area contributed by atoms with Crippen LogP contribution in [0, 0.1) is 0 Å². The van der Waals surface area contributed by atoms with Crippen LogP contribution in [0.1, 0.15) is 21.7 Å². The molecule has 3 aromatic rings. The zero-order valence-electron chi connectivity index (χ0n) is 11.9. The highest BCUT2D eigenvalue weighted by Gasteiger charge is 2.32. The monoisotopic (exact) mass is 337 g/mol. The van der Waals surface area contributed by atoms with E-state index in [0.717, 1.165) is 18.6 Å². The second-order valence-electron chi connectivity index (χ2n) is 4.78. The largest absolute Gasteiger partial charge is 0.433 e. The summed E-state index contributed by atoms with van der Waals surface area (Å²) in [4.78, 5) is 23.2. The maximum Gasteiger partial charge on any atom is 0.433 e. The van der Waals surface area contributed by atoms with Crippen LogP contribution in [-0.2, 0) is 12.7 Å². The number of carbonyl (C=O) groups is 1. The molecule has 0 saturated heterocycles. The number of aromatic amines is 1. The molecule has 0 aliphatic rings. The number of nitrogens with zero attached hydrogens (tertiary/aromatic N) is 4. The van der Waals surface area contributed by atoms with E-state index in [1.807, 2.05) is 0 Å². The number of anilines is 1. The predicted molar refractivity (Wildman–Crippen MR) is 76.5 cm³/mol. The van der Waals surface area contributed by atoms with E-state index >= 15 is 0 Å². The Morgan fingerprint density at radius 3 is 2.83 bits per heavy atom. The third-order valence-corrected chi connectivity index (χ3v) is 3.16. The lowest BCUT2D eigenvalue weighted by Gasteiger charge is -2.08. The summed E-state index contributed by atoms with van der Waals surface area (Å²) in [6, 6.07) is 2.24. The Morgan fingerprint density at radius 1 is 1.29 bits per heavy atom. The number of fused-ring (bicyclic) bond motifs is 1. The fraction of sp³-hybridized carbons (Fsp3) is 0.154. The average Bonchev–Trinajstić information content (AvgIpc) is 2.93. The Hall–Kier alpha value is -3.24. The fourth-order valence-electron chi connectivity index (χ4n) is 2.03. The Morgan fingerprint density at radius 2 is 2.08 bits per heavy atom. The fourth-order valence-corrected chi connectivity index (χ4v) is 2.03. The van der Waals surface area contributed by atoms with Gasteiger partial charge in [-0.2, -0.15) is 18.3 Å². The number of H-pyrrole nitrogens is 1. The van der Waals surface area contributed by atoms with Gasteiger partial charge in [0, 0.05) is 12.7 Å². The average molecular weight is 337 g/mol. The van der Waals surface area contributed by atoms with E-state index in [-0.39, 0.29) is 29.1 Å². The summed E-state index contributed by atoms with van der Waals surface area (Å²) in [5, 5.41) is 8.76. The van der Waals surface area contributed by atoms with Gasteiger partial charge in [-0.25, -0.2) is 9.97 Å². The number of nitrogens with two attached hydrogens (primary N) is 1. The van der Waals surface area contributed by atoms with Crippen molar-refractivity contribution in [2.75, 3.05) is 5.73 Å². The van der Waals surface area contributed by atoms with Crippen LogP contribution >= 0.6 is 0 Å². The van der Waals surface area contributed by atoms with Crippen LogP contribution in [0.3, 0.4) is 0 Å². The SMILES string of the molecule is Nc1n[nH]c2c(C(=O)NCc3ccnc(C(F)(F)F)c3)ncnc12. The van der Waals surface area contributed by atoms with Crippen molar-refractivity contribution in [2.24, 2.45) is 0 Å². The maximum absolute atomic E-state index is 12.6. The number of amides is 1. The number of alkyl halides is 3. The second kappa shape index (κ2) is 5.76. The highest BCUT2D eigenvalue weighted by Crippen LogP contribution is 2.27. The van der Waals surface area contributed by atoms with Crippen molar-refractivity contribution in [3.63, 3.8) is 0 Å². The molecule has 1 amide bonds. The van der Waals surface area contributed by atoms with E-state index in [4.69, 9.17) is 5.73 Å². The molecule has 0 spiro atoms. The first-order valence-corrected chi connectivity index (χ1v) is 6.61. The lowest BCUT2D eigenvalue weighted by molar-refractivity contribution is -0.141. The minimum absolute atomic E-state index is 0.00528. The number of halogens is 3. The molecule has 3 aromatic heterocycles. The second-order valence-corrected chi connectivity index (χ2v) is 4.78. The minimum atomic E-state index is -4.55. The van der Waals surface area contributed by atoms with Crippen molar-refractivity contribution in [2.45, 2.75) is 12.7 Å². The molecule has 0 fully saturated rings. The van der Waals surface area contributed by atoms with Gasteiger partial charge in [-0.3, -0.25) is 14.9 Å². The molecule has 0 aliphatic heterocycles. The van der Waals surface area contributed by atoms with Gasteiger partial charge in [-0.15, -0.1) is 0 Å². The summed E-state index contributed by atoms with van der Waals surface area (Å²) < 4.78 is 37.9. The van der Waals surface area contributed by atoms with Gasteiger partial charge in [0.15, 0.2) is 11.5 Å². The molecule has 8 nitrogen and oxygen atoms in total. The van der Waals surface area contributed by atoms with Gasteiger partial charge in [0.05, 0.1) is 0 Å². The van der Waals surface area contributed by atoms with Gasteiger partial charge in [0.1, 0.15) is 23.1 Å². The molecular weight excluding hydrogens is 327 g/mol. The summed E-state index contributed by atoms with van der Waals surface area (Å²) in [6.07, 6.45) is -2.37. The number of hydrogen-bond acceptors (Lipinski definition) is 6. The standard InChI is InChI=1S/C13H10F3N7O/c14-13(15,16)7-3-6(1-2-18-7)4-19-12(24)10-8-9(20-5-21-10)11(17)23-22-8/h1-3,5H,4H2,(H,19,24)(H3,17,22,23). The van der Waals surface area contributed by atoms with Crippen molar-refractivity contribution < 1.29 is 18.0 Å². The first-order chi connectivity index (χ1) is 11.4. The lowest BCUT2D eigenvalue weighted by Crippen LogP contribution is -2.24. The van der Waals surface area contributed by atoms with Crippen LogP contribution in [0.5, 0.6) is 0 Å². The first kappa shape index (κ1) is 15.6. The number of nitrogens with one attached hydrogen (secondary N) is 2. The number of carbonyl (C=O) groups excluding carboxylic acids is 1. The van der Waals surface area contributed by atoms with E-state index < -0.39 is 17.8 Å². The molecule has 3 rings (SSSR count). The number of hydrogen-bond donors (Lipinski definition) is 3. The molecule has 0 aliphatic carbocycles. The van der Waals surface area contributed by atoms with Gasteiger partial charge in [-0.05, 0) is 17.7 Å². The summed E-state index contributed by atoms with van der Waals surface area (Å²) in [5.74, 6) is -0.484. The molecule has 124 valence electrons. The molecular formula is C13H10F3N7O. The number of pyridine rings is 1. The van der Waals surface area contributed by atoms with Crippen LogP contribution in [0.2, 0.25) is 0 Å². The molecule has 4 N–H and O–H groups in total. The summed E-state index contributed by atoms with van der Waals surface area (Å²) in [7, 11) is 0. The highest BCUT2D eigenvalue weighted by molar-refractivity contribution is 6.04. The van der Waals surface area contributed by atoms with Crippen molar-refractivity contribution in [3.8, 4) is 0 Å². The van der Waals surface area contributed by atoms with E-state index in [9.17, 15) is 18.0 Å². The maximum atomic E-state index is 12.6. The van der Waals surface area contributed by atoms with Crippen molar-refractivity contribution in [1.29, 1.82) is 0 Å². The Balaban J connectivity index is 1.78. The van der Waals surface area contributed by atoms with E-state index in [1.54, 1.807) is 0 Å². The van der Waals surface area contributed by atoms with Crippen LogP contribution in [0.4, 0.5) is 19.0 Å². The lowest BCUT2D eigenvalue weighted by atomic mass is 10.2. The van der Waals surface area contributed by atoms with Gasteiger partial charge >= 0.3 is 6.18 Å². The molecule has 11 heteroatoms. The van der Waals surface area contributed by atoms with Gasteiger partial charge in [-0.1, -0.05) is 0 Å². The van der Waals surface area contributed by atoms with Crippen molar-refractivity contribution >= 4 is 22.8 Å². The van der Waals surface area contributed by atoms with Crippen molar-refractivity contribution in [1.82, 2.24) is 30.5 Å². The normalized spacial score (nSPS) is 11.6. The molecule has 0 bridgehead atoms. The molecule has 0 unspecified atom stereocenters. The van der Waals surface area contributed by atoms with Gasteiger partial charge in [0.25, 0.3) is 5.91 Å². The number of rotatable bonds is 3. The molecule has 0 atom stereocenters. The zero-order valence-corrected chi connectivity index (χ0v) is 11.9. The van der Waals surface area contributed by atoms with Gasteiger partial charge in [0.2, 0.25) is 0 Å². The van der Waals surface area contributed by atoms with Crippen LogP contribution in [0.25, 0.3) is 11.0 Å². The molecule has 0 radical (unpaired) electrons. The van der Waals surface area contributed by atoms with E-state index in [1.165, 1.54) is 6.07 Å². The number of aromatic nitrogens is 5. The molecule has 24 heavy (non-hydrogen) atoms. The molecule has 0 aromatic carbocycles. The van der Waals surface area contributed by atoms with Crippen LogP contribution in [0.15, 0.2) is 24.7 Å². The predicted octanol–water partition coefficient (Wildman–Crippen LogP) is 1.28. The smallest absolute Gasteiger partial charge is 0.380 e. The zero-order chi connectivity index (χ0) is 17.3. The van der Waals surface area contributed by atoms with E-state index in [0.29, 0.717) is 5.52 Å². The Kier molecular flexibility index (Phi) is 3.75. The quantitative estimate of drug-likeness (QED) is 0.662. The summed E-state index contributed by atoms with van der Waals surface area (Å²) >= 11 is 0. The summed E-state index contributed by atoms with van der Waals surface area (Å²) in [5.41, 5.74) is 5.35. The van der Waals surface area contributed by atoms with Gasteiger partial charge < -0.3 is 11.1 Å².